The zero-order valence-electron chi connectivity index (χ0n) is 17.2. The average Bonchev–Trinajstić information content (AvgIpc) is 3.18. The molecule has 7 heteroatoms. The van der Waals surface area contributed by atoms with Crippen LogP contribution in [-0.4, -0.2) is 47.3 Å². The van der Waals surface area contributed by atoms with Gasteiger partial charge in [-0.05, 0) is 43.0 Å². The second-order valence-electron chi connectivity index (χ2n) is 9.06. The maximum atomic E-state index is 13.6. The number of nitrogens with zero attached hydrogens (tertiary/aromatic N) is 3. The number of fused-ring (bicyclic) bond motifs is 2. The highest BCUT2D eigenvalue weighted by atomic mass is 16.6. The van der Waals surface area contributed by atoms with Crippen LogP contribution in [0.15, 0.2) is 42.7 Å². The highest BCUT2D eigenvalue weighted by Gasteiger charge is 2.57. The van der Waals surface area contributed by atoms with E-state index >= 15 is 0 Å². The van der Waals surface area contributed by atoms with Crippen LogP contribution < -0.4 is 4.90 Å². The first-order chi connectivity index (χ1) is 15.0. The summed E-state index contributed by atoms with van der Waals surface area (Å²) in [5, 5.41) is 0. The first kappa shape index (κ1) is 18.5. The molecule has 1 unspecified atom stereocenters. The van der Waals surface area contributed by atoms with E-state index in [0.29, 0.717) is 31.5 Å². The van der Waals surface area contributed by atoms with Crippen molar-refractivity contribution in [2.45, 2.75) is 43.1 Å². The SMILES string of the molecule is O=C1OC2(CCN(C(=O)C3(c4ccc(N5CCCC5=O)cc4)CC3)C2)c2ccncc21. The molecule has 1 aromatic carbocycles. The smallest absolute Gasteiger partial charge is 0.341 e. The van der Waals surface area contributed by atoms with E-state index in [4.69, 9.17) is 4.74 Å². The van der Waals surface area contributed by atoms with Gasteiger partial charge in [-0.1, -0.05) is 12.1 Å². The van der Waals surface area contributed by atoms with Crippen LogP contribution >= 0.6 is 0 Å². The molecule has 31 heavy (non-hydrogen) atoms. The number of anilines is 1. The Morgan fingerprint density at radius 2 is 1.84 bits per heavy atom. The predicted octanol–water partition coefficient (Wildman–Crippen LogP) is 2.54. The molecule has 2 saturated heterocycles. The largest absolute Gasteiger partial charge is 0.449 e. The molecule has 2 amide bonds. The zero-order chi connectivity index (χ0) is 21.2. The molecule has 0 N–H and O–H groups in total. The highest BCUT2D eigenvalue weighted by molar-refractivity contribution is 5.96. The van der Waals surface area contributed by atoms with Crippen molar-refractivity contribution in [2.75, 3.05) is 24.5 Å². The van der Waals surface area contributed by atoms with Crippen molar-refractivity contribution in [1.29, 1.82) is 0 Å². The van der Waals surface area contributed by atoms with Crippen LogP contribution in [-0.2, 0) is 25.3 Å². The number of carbonyl (C=O) groups is 3. The molecule has 3 aliphatic heterocycles. The summed E-state index contributed by atoms with van der Waals surface area (Å²) in [6, 6.07) is 9.74. The molecule has 1 saturated carbocycles. The van der Waals surface area contributed by atoms with E-state index in [2.05, 4.69) is 4.98 Å². The van der Waals surface area contributed by atoms with Crippen LogP contribution in [0.3, 0.4) is 0 Å². The fourth-order valence-electron chi connectivity index (χ4n) is 5.44. The number of hydrogen-bond acceptors (Lipinski definition) is 5. The lowest BCUT2D eigenvalue weighted by molar-refractivity contribution is -0.134. The van der Waals surface area contributed by atoms with E-state index in [0.717, 1.165) is 42.6 Å². The van der Waals surface area contributed by atoms with Crippen LogP contribution in [0, 0.1) is 0 Å². The van der Waals surface area contributed by atoms with Crippen LogP contribution in [0.4, 0.5) is 5.69 Å². The van der Waals surface area contributed by atoms with Gasteiger partial charge in [0.05, 0.1) is 17.5 Å². The summed E-state index contributed by atoms with van der Waals surface area (Å²) in [6.45, 7) is 1.71. The molecule has 0 radical (unpaired) electrons. The number of aromatic nitrogens is 1. The minimum Gasteiger partial charge on any atom is -0.449 e. The van der Waals surface area contributed by atoms with E-state index in [9.17, 15) is 14.4 Å². The van der Waals surface area contributed by atoms with Crippen molar-refractivity contribution in [2.24, 2.45) is 0 Å². The molecule has 1 aromatic heterocycles. The molecule has 1 spiro atoms. The van der Waals surface area contributed by atoms with E-state index in [1.807, 2.05) is 40.1 Å². The van der Waals surface area contributed by atoms with Crippen molar-refractivity contribution >= 4 is 23.5 Å². The standard InChI is InChI=1S/C24H23N3O4/c28-20-2-1-12-27(20)17-5-3-16(4-6-17)23(8-9-23)22(30)26-13-10-24(15-26)19-7-11-25-14-18(19)21(29)31-24/h3-7,11,14H,1-2,8-10,12-13,15H2. The normalized spacial score (nSPS) is 25.8. The Morgan fingerprint density at radius 3 is 2.55 bits per heavy atom. The van der Waals surface area contributed by atoms with Crippen LogP contribution in [0.5, 0.6) is 0 Å². The summed E-state index contributed by atoms with van der Waals surface area (Å²) in [5.41, 5.74) is 2.00. The van der Waals surface area contributed by atoms with Crippen molar-refractivity contribution < 1.29 is 19.1 Å². The van der Waals surface area contributed by atoms with Gasteiger partial charge in [0.15, 0.2) is 5.60 Å². The van der Waals surface area contributed by atoms with Crippen molar-refractivity contribution in [3.05, 3.63) is 59.4 Å². The van der Waals surface area contributed by atoms with E-state index in [1.54, 1.807) is 12.4 Å². The molecular weight excluding hydrogens is 394 g/mol. The minimum atomic E-state index is -0.749. The third-order valence-corrected chi connectivity index (χ3v) is 7.30. The third kappa shape index (κ3) is 2.65. The van der Waals surface area contributed by atoms with Crippen molar-refractivity contribution in [1.82, 2.24) is 9.88 Å². The van der Waals surface area contributed by atoms with Crippen molar-refractivity contribution in [3.63, 3.8) is 0 Å². The molecular formula is C24H23N3O4. The lowest BCUT2D eigenvalue weighted by Crippen LogP contribution is -2.40. The summed E-state index contributed by atoms with van der Waals surface area (Å²) in [4.78, 5) is 45.6. The number of esters is 1. The monoisotopic (exact) mass is 417 g/mol. The van der Waals surface area contributed by atoms with Crippen LogP contribution in [0.2, 0.25) is 0 Å². The third-order valence-electron chi connectivity index (χ3n) is 7.30. The van der Waals surface area contributed by atoms with Gasteiger partial charge in [-0.15, -0.1) is 0 Å². The van der Waals surface area contributed by atoms with Gasteiger partial charge in [0.2, 0.25) is 11.8 Å². The van der Waals surface area contributed by atoms with Gasteiger partial charge in [0.1, 0.15) is 0 Å². The van der Waals surface area contributed by atoms with Gasteiger partial charge in [0.25, 0.3) is 0 Å². The molecule has 0 bridgehead atoms. The lowest BCUT2D eigenvalue weighted by atomic mass is 9.92. The van der Waals surface area contributed by atoms with E-state index in [-0.39, 0.29) is 17.8 Å². The van der Waals surface area contributed by atoms with Crippen LogP contribution in [0.25, 0.3) is 0 Å². The Bertz CT molecular complexity index is 1110. The molecule has 3 fully saturated rings. The van der Waals surface area contributed by atoms with Gasteiger partial charge < -0.3 is 14.5 Å². The second kappa shape index (κ2) is 6.39. The summed E-state index contributed by atoms with van der Waals surface area (Å²) in [6.07, 6.45) is 6.95. The number of pyridine rings is 1. The number of amides is 2. The van der Waals surface area contributed by atoms with Gasteiger partial charge in [0, 0.05) is 49.6 Å². The number of ether oxygens (including phenoxy) is 1. The lowest BCUT2D eigenvalue weighted by Gasteiger charge is -2.27. The molecule has 4 aliphatic rings. The summed E-state index contributed by atoms with van der Waals surface area (Å²) in [7, 11) is 0. The Hall–Kier alpha value is -3.22. The maximum absolute atomic E-state index is 13.6. The molecule has 1 aliphatic carbocycles. The summed E-state index contributed by atoms with van der Waals surface area (Å²) in [5.74, 6) is -0.0903. The number of benzene rings is 1. The number of hydrogen-bond donors (Lipinski definition) is 0. The average molecular weight is 417 g/mol. The van der Waals surface area contributed by atoms with Gasteiger partial charge >= 0.3 is 5.97 Å². The first-order valence-corrected chi connectivity index (χ1v) is 10.9. The van der Waals surface area contributed by atoms with Crippen molar-refractivity contribution in [3.8, 4) is 0 Å². The Balaban J connectivity index is 1.23. The van der Waals surface area contributed by atoms with Gasteiger partial charge in [-0.25, -0.2) is 4.79 Å². The summed E-state index contributed by atoms with van der Waals surface area (Å²) >= 11 is 0. The Kier molecular flexibility index (Phi) is 3.82. The Morgan fingerprint density at radius 1 is 1.03 bits per heavy atom. The number of rotatable bonds is 3. The zero-order valence-corrected chi connectivity index (χ0v) is 17.2. The fraction of sp³-hybridized carbons (Fsp3) is 0.417. The minimum absolute atomic E-state index is 0.105. The molecule has 7 nitrogen and oxygen atoms in total. The predicted molar refractivity (Wildman–Crippen MR) is 111 cm³/mol. The topological polar surface area (TPSA) is 79.8 Å². The van der Waals surface area contributed by atoms with E-state index in [1.165, 1.54) is 0 Å². The quantitative estimate of drug-likeness (QED) is 0.717. The molecule has 2 aromatic rings. The molecule has 1 atom stereocenters. The van der Waals surface area contributed by atoms with Crippen LogP contribution in [0.1, 0.15) is 53.6 Å². The fourth-order valence-corrected chi connectivity index (χ4v) is 5.44. The maximum Gasteiger partial charge on any atom is 0.341 e. The Labute approximate surface area is 180 Å². The highest BCUT2D eigenvalue weighted by Crippen LogP contribution is 2.52. The van der Waals surface area contributed by atoms with Gasteiger partial charge in [-0.2, -0.15) is 0 Å². The first-order valence-electron chi connectivity index (χ1n) is 10.9. The number of carbonyl (C=O) groups excluding carboxylic acids is 3. The summed E-state index contributed by atoms with van der Waals surface area (Å²) < 4.78 is 5.77. The molecule has 6 rings (SSSR count). The molecule has 4 heterocycles. The van der Waals surface area contributed by atoms with Gasteiger partial charge in [-0.3, -0.25) is 14.6 Å². The number of likely N-dealkylation sites (tertiary alicyclic amines) is 1. The second-order valence-corrected chi connectivity index (χ2v) is 9.06. The van der Waals surface area contributed by atoms with E-state index < -0.39 is 11.0 Å². The molecule has 158 valence electrons.